The summed E-state index contributed by atoms with van der Waals surface area (Å²) in [6.07, 6.45) is 6.34. The smallest absolute Gasteiger partial charge is 0.414 e. The van der Waals surface area contributed by atoms with Gasteiger partial charge in [-0.1, -0.05) is 54.6 Å². The lowest BCUT2D eigenvalue weighted by Gasteiger charge is -2.28. The van der Waals surface area contributed by atoms with Gasteiger partial charge in [-0.05, 0) is 29.3 Å². The number of carbonyl (C=O) groups is 2. The van der Waals surface area contributed by atoms with E-state index in [0.717, 1.165) is 17.4 Å². The molecule has 2 heterocycles. The fraction of sp³-hybridized carbons (Fsp3) is 0.250. The first-order chi connectivity index (χ1) is 16.3. The molecule has 4 rings (SSSR count). The van der Waals surface area contributed by atoms with Crippen LogP contribution in [0.1, 0.15) is 17.2 Å². The van der Waals surface area contributed by atoms with Crippen molar-refractivity contribution < 1.29 is 31.7 Å². The lowest BCUT2D eigenvalue weighted by molar-refractivity contribution is 0.103. The second-order valence-corrected chi connectivity index (χ2v) is 9.46. The number of amides is 2. The maximum absolute atomic E-state index is 12.7. The first-order valence-corrected chi connectivity index (χ1v) is 12.4. The van der Waals surface area contributed by atoms with Gasteiger partial charge in [-0.25, -0.2) is 9.59 Å². The molecule has 2 amide bonds. The molecule has 2 aliphatic rings. The zero-order valence-electron chi connectivity index (χ0n) is 18.4. The van der Waals surface area contributed by atoms with Crippen LogP contribution in [0.2, 0.25) is 0 Å². The quantitative estimate of drug-likeness (QED) is 0.552. The van der Waals surface area contributed by atoms with E-state index in [1.807, 2.05) is 54.6 Å². The van der Waals surface area contributed by atoms with Crippen molar-refractivity contribution >= 4 is 28.0 Å². The maximum Gasteiger partial charge on any atom is 0.414 e. The van der Waals surface area contributed by atoms with Crippen molar-refractivity contribution in [3.05, 3.63) is 90.2 Å². The number of allylic oxidation sites excluding steroid dienone is 2. The van der Waals surface area contributed by atoms with Crippen LogP contribution >= 0.6 is 0 Å². The molecular formula is C24H24N2O7S. The lowest BCUT2D eigenvalue weighted by atomic mass is 10.0. The average molecular weight is 485 g/mol. The average Bonchev–Trinajstić information content (AvgIpc) is 3.22. The molecule has 34 heavy (non-hydrogen) atoms. The van der Waals surface area contributed by atoms with Gasteiger partial charge in [-0.2, -0.15) is 8.42 Å². The molecule has 10 heteroatoms. The van der Waals surface area contributed by atoms with Gasteiger partial charge >= 0.3 is 12.2 Å². The summed E-state index contributed by atoms with van der Waals surface area (Å²) in [4.78, 5) is 27.9. The summed E-state index contributed by atoms with van der Waals surface area (Å²) in [6.45, 7) is 0.0940. The zero-order valence-corrected chi connectivity index (χ0v) is 19.3. The number of nitrogens with zero attached hydrogens (tertiary/aromatic N) is 2. The molecule has 0 N–H and O–H groups in total. The third-order valence-electron chi connectivity index (χ3n) is 5.26. The first-order valence-electron chi connectivity index (χ1n) is 10.6. The van der Waals surface area contributed by atoms with Gasteiger partial charge in [-0.3, -0.25) is 14.0 Å². The fourth-order valence-electron chi connectivity index (χ4n) is 3.61. The first kappa shape index (κ1) is 23.5. The monoisotopic (exact) mass is 484 g/mol. The summed E-state index contributed by atoms with van der Waals surface area (Å²) < 4.78 is 37.7. The molecule has 2 unspecified atom stereocenters. The van der Waals surface area contributed by atoms with Crippen molar-refractivity contribution in [3.8, 4) is 0 Å². The molecule has 2 aromatic carbocycles. The third kappa shape index (κ3) is 5.83. The fourth-order valence-corrected chi connectivity index (χ4v) is 4.01. The maximum atomic E-state index is 12.7. The van der Waals surface area contributed by atoms with Crippen molar-refractivity contribution in [1.82, 2.24) is 4.90 Å². The predicted molar refractivity (Wildman–Crippen MR) is 124 cm³/mol. The Morgan fingerprint density at radius 2 is 1.82 bits per heavy atom. The molecule has 1 saturated heterocycles. The highest BCUT2D eigenvalue weighted by molar-refractivity contribution is 7.85. The molecule has 0 aliphatic carbocycles. The van der Waals surface area contributed by atoms with Crippen LogP contribution in [-0.2, 0) is 30.4 Å². The zero-order chi connectivity index (χ0) is 24.1. The highest BCUT2D eigenvalue weighted by Gasteiger charge is 2.33. The molecule has 2 aliphatic heterocycles. The summed E-state index contributed by atoms with van der Waals surface area (Å²) in [5.41, 5.74) is 2.31. The number of anilines is 1. The van der Waals surface area contributed by atoms with Gasteiger partial charge < -0.3 is 9.47 Å². The Bertz CT molecular complexity index is 1190. The normalized spacial score (nSPS) is 19.9. The van der Waals surface area contributed by atoms with Crippen molar-refractivity contribution in [1.29, 1.82) is 0 Å². The van der Waals surface area contributed by atoms with E-state index < -0.39 is 28.4 Å². The van der Waals surface area contributed by atoms with Crippen LogP contribution in [0.25, 0.3) is 0 Å². The SMILES string of the molecule is CS(=O)(=O)OCC1CN(c2ccc(C3C=CC=CN3C(=O)OCc3ccccc3)cc2)C(=O)O1. The Balaban J connectivity index is 1.41. The summed E-state index contributed by atoms with van der Waals surface area (Å²) in [5, 5.41) is 0. The van der Waals surface area contributed by atoms with Crippen LogP contribution in [0.15, 0.2) is 79.0 Å². The molecule has 0 bridgehead atoms. The van der Waals surface area contributed by atoms with E-state index in [9.17, 15) is 18.0 Å². The lowest BCUT2D eigenvalue weighted by Crippen LogP contribution is -2.31. The Hall–Kier alpha value is -3.63. The molecule has 0 spiro atoms. The number of rotatable bonds is 7. The Morgan fingerprint density at radius 3 is 2.53 bits per heavy atom. The number of ether oxygens (including phenoxy) is 2. The largest absolute Gasteiger partial charge is 0.444 e. The van der Waals surface area contributed by atoms with Crippen LogP contribution in [0.5, 0.6) is 0 Å². The Labute approximate surface area is 197 Å². The van der Waals surface area contributed by atoms with Gasteiger partial charge in [0.05, 0.1) is 18.8 Å². The number of hydrogen-bond donors (Lipinski definition) is 0. The number of hydrogen-bond acceptors (Lipinski definition) is 7. The molecular weight excluding hydrogens is 460 g/mol. The minimum atomic E-state index is -3.63. The molecule has 0 aromatic heterocycles. The van der Waals surface area contributed by atoms with Gasteiger partial charge in [0, 0.05) is 11.9 Å². The second-order valence-electron chi connectivity index (χ2n) is 7.82. The minimum Gasteiger partial charge on any atom is -0.444 e. The summed E-state index contributed by atoms with van der Waals surface area (Å²) in [6, 6.07) is 16.2. The Morgan fingerprint density at radius 1 is 1.09 bits per heavy atom. The van der Waals surface area contributed by atoms with Gasteiger partial charge in [-0.15, -0.1) is 0 Å². The van der Waals surface area contributed by atoms with Crippen LogP contribution in [0.4, 0.5) is 15.3 Å². The predicted octanol–water partition coefficient (Wildman–Crippen LogP) is 3.75. The molecule has 0 saturated carbocycles. The second kappa shape index (κ2) is 10.1. The third-order valence-corrected chi connectivity index (χ3v) is 5.82. The van der Waals surface area contributed by atoms with E-state index in [4.69, 9.17) is 13.7 Å². The highest BCUT2D eigenvalue weighted by atomic mass is 32.2. The summed E-state index contributed by atoms with van der Waals surface area (Å²) in [7, 11) is -3.63. The topological polar surface area (TPSA) is 102 Å². The molecule has 9 nitrogen and oxygen atoms in total. The van der Waals surface area contributed by atoms with Crippen LogP contribution < -0.4 is 4.90 Å². The molecule has 2 atom stereocenters. The van der Waals surface area contributed by atoms with Crippen molar-refractivity contribution in [2.24, 2.45) is 0 Å². The van der Waals surface area contributed by atoms with Crippen LogP contribution in [0, 0.1) is 0 Å². The molecule has 0 radical (unpaired) electrons. The molecule has 178 valence electrons. The Kier molecular flexibility index (Phi) is 6.99. The van der Waals surface area contributed by atoms with Gasteiger partial charge in [0.1, 0.15) is 19.3 Å². The number of cyclic esters (lactones) is 1. The van der Waals surface area contributed by atoms with E-state index in [1.165, 1.54) is 9.80 Å². The van der Waals surface area contributed by atoms with E-state index in [0.29, 0.717) is 5.69 Å². The highest BCUT2D eigenvalue weighted by Crippen LogP contribution is 2.29. The molecule has 2 aromatic rings. The van der Waals surface area contributed by atoms with Crippen LogP contribution in [-0.4, -0.2) is 51.0 Å². The summed E-state index contributed by atoms with van der Waals surface area (Å²) >= 11 is 0. The van der Waals surface area contributed by atoms with E-state index in [1.54, 1.807) is 24.4 Å². The molecule has 1 fully saturated rings. The van der Waals surface area contributed by atoms with Gasteiger partial charge in [0.15, 0.2) is 0 Å². The number of carbonyl (C=O) groups excluding carboxylic acids is 2. The van der Waals surface area contributed by atoms with E-state index >= 15 is 0 Å². The van der Waals surface area contributed by atoms with Crippen molar-refractivity contribution in [2.45, 2.75) is 18.8 Å². The van der Waals surface area contributed by atoms with Gasteiger partial charge in [0.25, 0.3) is 10.1 Å². The van der Waals surface area contributed by atoms with Crippen LogP contribution in [0.3, 0.4) is 0 Å². The summed E-state index contributed by atoms with van der Waals surface area (Å²) in [5.74, 6) is 0. The van der Waals surface area contributed by atoms with Crippen molar-refractivity contribution in [2.75, 3.05) is 24.3 Å². The van der Waals surface area contributed by atoms with E-state index in [2.05, 4.69) is 0 Å². The van der Waals surface area contributed by atoms with E-state index in [-0.39, 0.29) is 25.8 Å². The van der Waals surface area contributed by atoms with Crippen molar-refractivity contribution in [3.63, 3.8) is 0 Å². The minimum absolute atomic E-state index is 0.164. The standard InChI is InChI=1S/C24H24N2O7S/c1-34(29,30)32-17-21-15-26(24(28)33-21)20-12-10-19(11-13-20)22-9-5-6-14-25(22)23(27)31-16-18-7-3-2-4-8-18/h2-14,21-22H,15-17H2,1H3. The van der Waals surface area contributed by atoms with Gasteiger partial charge in [0.2, 0.25) is 0 Å². The number of benzene rings is 2.